The molecule has 0 aromatic carbocycles. The summed E-state index contributed by atoms with van der Waals surface area (Å²) < 4.78 is 1.65. The maximum Gasteiger partial charge on any atom is 0.223 e. The fourth-order valence-corrected chi connectivity index (χ4v) is 0.576. The lowest BCUT2D eigenvalue weighted by atomic mass is 10.4. The van der Waals surface area contributed by atoms with Gasteiger partial charge in [0.15, 0.2) is 11.9 Å². The van der Waals surface area contributed by atoms with Crippen molar-refractivity contribution < 1.29 is 14.8 Å². The number of pyridine rings is 1. The molecule has 1 rings (SSSR count). The first-order chi connectivity index (χ1) is 4.20. The smallest absolute Gasteiger partial charge is 0.223 e. The van der Waals surface area contributed by atoms with E-state index in [0.29, 0.717) is 0 Å². The van der Waals surface area contributed by atoms with Gasteiger partial charge in [-0.2, -0.15) is 0 Å². The van der Waals surface area contributed by atoms with Gasteiger partial charge in [0.1, 0.15) is 7.05 Å². The summed E-state index contributed by atoms with van der Waals surface area (Å²) in [5.41, 5.74) is 0. The third-order valence-electron chi connectivity index (χ3n) is 1.06. The second-order valence-electron chi connectivity index (χ2n) is 1.88. The standard InChI is InChI=1S/C6H7NO2/c1-7-3-2-5(8)6(9)4-7/h2-4,9H,1H3/p+1. The van der Waals surface area contributed by atoms with Crippen LogP contribution in [0.15, 0.2) is 18.5 Å². The number of aryl methyl sites for hydroxylation is 1. The minimum absolute atomic E-state index is 0.0897. The summed E-state index contributed by atoms with van der Waals surface area (Å²) in [6.45, 7) is 0. The van der Waals surface area contributed by atoms with Crippen molar-refractivity contribution in [1.82, 2.24) is 0 Å². The molecule has 1 aromatic heterocycles. The first-order valence-corrected chi connectivity index (χ1v) is 2.57. The minimum atomic E-state index is -0.0972. The number of nitrogens with zero attached hydrogens (tertiary/aromatic N) is 1. The lowest BCUT2D eigenvalue weighted by Crippen LogP contribution is -2.25. The fraction of sp³-hybridized carbons (Fsp3) is 0.167. The van der Waals surface area contributed by atoms with Gasteiger partial charge in [-0.25, -0.2) is 4.57 Å². The van der Waals surface area contributed by atoms with Crippen molar-refractivity contribution in [1.29, 1.82) is 0 Å². The molecule has 0 aliphatic rings. The molecule has 3 heteroatoms. The largest absolute Gasteiger partial charge is 0.504 e. The zero-order valence-corrected chi connectivity index (χ0v) is 5.07. The van der Waals surface area contributed by atoms with Crippen LogP contribution in [0.2, 0.25) is 0 Å². The van der Waals surface area contributed by atoms with Gasteiger partial charge >= 0.3 is 0 Å². The molecular weight excluding hydrogens is 118 g/mol. The molecule has 9 heavy (non-hydrogen) atoms. The number of aromatic hydroxyl groups is 2. The molecule has 0 unspecified atom stereocenters. The molecule has 0 fully saturated rings. The zero-order chi connectivity index (χ0) is 6.85. The molecule has 48 valence electrons. The topological polar surface area (TPSA) is 44.3 Å². The predicted octanol–water partition coefficient (Wildman–Crippen LogP) is -0.0777. The van der Waals surface area contributed by atoms with E-state index in [4.69, 9.17) is 10.2 Å². The van der Waals surface area contributed by atoms with E-state index in [0.717, 1.165) is 0 Å². The predicted molar refractivity (Wildman–Crippen MR) is 30.9 cm³/mol. The summed E-state index contributed by atoms with van der Waals surface area (Å²) in [4.78, 5) is 0. The molecule has 0 aliphatic carbocycles. The van der Waals surface area contributed by atoms with Crippen LogP contribution in [0.3, 0.4) is 0 Å². The second-order valence-corrected chi connectivity index (χ2v) is 1.88. The van der Waals surface area contributed by atoms with Crippen LogP contribution < -0.4 is 4.57 Å². The molecular formula is C6H8NO2+. The van der Waals surface area contributed by atoms with Crippen molar-refractivity contribution in [3.8, 4) is 11.5 Å². The van der Waals surface area contributed by atoms with Crippen molar-refractivity contribution in [2.75, 3.05) is 0 Å². The van der Waals surface area contributed by atoms with Gasteiger partial charge in [0, 0.05) is 6.07 Å². The van der Waals surface area contributed by atoms with Crippen LogP contribution in [0.4, 0.5) is 0 Å². The van der Waals surface area contributed by atoms with Crippen LogP contribution in [-0.4, -0.2) is 10.2 Å². The van der Waals surface area contributed by atoms with Crippen LogP contribution in [0.1, 0.15) is 0 Å². The molecule has 0 atom stereocenters. The van der Waals surface area contributed by atoms with E-state index in [1.807, 2.05) is 0 Å². The van der Waals surface area contributed by atoms with E-state index in [9.17, 15) is 0 Å². The van der Waals surface area contributed by atoms with E-state index in [1.165, 1.54) is 12.3 Å². The Bertz CT molecular complexity index is 222. The normalized spacial score (nSPS) is 9.44. The van der Waals surface area contributed by atoms with Gasteiger partial charge in [-0.15, -0.1) is 0 Å². The van der Waals surface area contributed by atoms with Crippen LogP contribution in [-0.2, 0) is 7.05 Å². The average Bonchev–Trinajstić information content (AvgIpc) is 1.80. The molecule has 0 spiro atoms. The number of aromatic nitrogens is 1. The van der Waals surface area contributed by atoms with Gasteiger partial charge in [0.2, 0.25) is 11.9 Å². The molecule has 0 amide bonds. The minimum Gasteiger partial charge on any atom is -0.504 e. The highest BCUT2D eigenvalue weighted by atomic mass is 16.3. The first-order valence-electron chi connectivity index (χ1n) is 2.57. The molecule has 0 saturated heterocycles. The highest BCUT2D eigenvalue weighted by Gasteiger charge is 2.00. The van der Waals surface area contributed by atoms with Crippen molar-refractivity contribution in [3.05, 3.63) is 18.5 Å². The van der Waals surface area contributed by atoms with Crippen LogP contribution in [0, 0.1) is 0 Å². The Balaban J connectivity index is 3.17. The summed E-state index contributed by atoms with van der Waals surface area (Å²) in [5.74, 6) is -0.187. The van der Waals surface area contributed by atoms with Gasteiger partial charge in [-0.05, 0) is 0 Å². The molecule has 2 N–H and O–H groups in total. The molecule has 1 aromatic rings. The third kappa shape index (κ3) is 1.10. The second kappa shape index (κ2) is 1.93. The van der Waals surface area contributed by atoms with Gasteiger partial charge in [-0.1, -0.05) is 0 Å². The van der Waals surface area contributed by atoms with E-state index in [2.05, 4.69) is 0 Å². The van der Waals surface area contributed by atoms with Gasteiger partial charge < -0.3 is 10.2 Å². The van der Waals surface area contributed by atoms with Crippen molar-refractivity contribution in [3.63, 3.8) is 0 Å². The summed E-state index contributed by atoms with van der Waals surface area (Å²) in [5, 5.41) is 17.6. The average molecular weight is 126 g/mol. The highest BCUT2D eigenvalue weighted by molar-refractivity contribution is 5.30. The van der Waals surface area contributed by atoms with E-state index >= 15 is 0 Å². The van der Waals surface area contributed by atoms with Crippen LogP contribution in [0.5, 0.6) is 11.5 Å². The van der Waals surface area contributed by atoms with E-state index in [1.54, 1.807) is 17.8 Å². The number of hydrogen-bond acceptors (Lipinski definition) is 2. The molecule has 1 heterocycles. The van der Waals surface area contributed by atoms with Gasteiger partial charge in [-0.3, -0.25) is 0 Å². The zero-order valence-electron chi connectivity index (χ0n) is 5.07. The molecule has 0 radical (unpaired) electrons. The fourth-order valence-electron chi connectivity index (χ4n) is 0.576. The van der Waals surface area contributed by atoms with Crippen LogP contribution in [0.25, 0.3) is 0 Å². The van der Waals surface area contributed by atoms with Gasteiger partial charge in [0.05, 0.1) is 0 Å². The molecule has 0 saturated carbocycles. The lowest BCUT2D eigenvalue weighted by Gasteiger charge is -1.91. The Morgan fingerprint density at radius 2 is 2.00 bits per heavy atom. The van der Waals surface area contributed by atoms with E-state index < -0.39 is 0 Å². The Hall–Kier alpha value is -1.25. The van der Waals surface area contributed by atoms with Crippen molar-refractivity contribution >= 4 is 0 Å². The summed E-state index contributed by atoms with van der Waals surface area (Å²) >= 11 is 0. The van der Waals surface area contributed by atoms with Crippen molar-refractivity contribution in [2.45, 2.75) is 0 Å². The maximum absolute atomic E-state index is 8.83. The summed E-state index contributed by atoms with van der Waals surface area (Å²) in [6, 6.07) is 1.43. The first kappa shape index (κ1) is 5.88. The highest BCUT2D eigenvalue weighted by Crippen LogP contribution is 2.19. The molecule has 0 bridgehead atoms. The number of hydrogen-bond donors (Lipinski definition) is 2. The van der Waals surface area contributed by atoms with E-state index in [-0.39, 0.29) is 11.5 Å². The Kier molecular flexibility index (Phi) is 1.26. The SMILES string of the molecule is C[n+]1ccc(O)c(O)c1. The summed E-state index contributed by atoms with van der Waals surface area (Å²) in [6.07, 6.45) is 3.07. The lowest BCUT2D eigenvalue weighted by molar-refractivity contribution is -0.671. The Morgan fingerprint density at radius 3 is 2.44 bits per heavy atom. The maximum atomic E-state index is 8.83. The number of rotatable bonds is 0. The monoisotopic (exact) mass is 126 g/mol. The quantitative estimate of drug-likeness (QED) is 0.477. The Labute approximate surface area is 52.8 Å². The summed E-state index contributed by atoms with van der Waals surface area (Å²) in [7, 11) is 1.76. The van der Waals surface area contributed by atoms with Crippen LogP contribution >= 0.6 is 0 Å². The van der Waals surface area contributed by atoms with Crippen molar-refractivity contribution in [2.24, 2.45) is 7.05 Å². The third-order valence-corrected chi connectivity index (χ3v) is 1.06. The molecule has 0 aliphatic heterocycles. The molecule has 3 nitrogen and oxygen atoms in total. The Morgan fingerprint density at radius 1 is 1.33 bits per heavy atom. The van der Waals surface area contributed by atoms with Gasteiger partial charge in [0.25, 0.3) is 0 Å².